The van der Waals surface area contributed by atoms with E-state index in [2.05, 4.69) is 22.1 Å². The van der Waals surface area contributed by atoms with E-state index in [0.29, 0.717) is 17.9 Å². The van der Waals surface area contributed by atoms with Gasteiger partial charge in [-0.3, -0.25) is 9.59 Å². The molecule has 0 aliphatic heterocycles. The minimum atomic E-state index is -0.688. The molecule has 9 heteroatoms. The van der Waals surface area contributed by atoms with Crippen LogP contribution < -0.4 is 15.8 Å². The Kier molecular flexibility index (Phi) is 8.53. The number of hydrogen-bond acceptors (Lipinski definition) is 5. The summed E-state index contributed by atoms with van der Waals surface area (Å²) in [5, 5.41) is 13.0. The molecule has 0 atom stereocenters. The number of phenols is 1. The van der Waals surface area contributed by atoms with Gasteiger partial charge < -0.3 is 30.8 Å². The summed E-state index contributed by atoms with van der Waals surface area (Å²) in [7, 11) is 3.96. The van der Waals surface area contributed by atoms with Crippen LogP contribution >= 0.6 is 12.4 Å². The van der Waals surface area contributed by atoms with Crippen molar-refractivity contribution in [2.24, 2.45) is 5.73 Å². The number of phenolic OH excluding ortho intramolecular Hbond substituents is 1. The fourth-order valence-electron chi connectivity index (χ4n) is 2.87. The Labute approximate surface area is 192 Å². The number of halogens is 1. The van der Waals surface area contributed by atoms with Gasteiger partial charge in [-0.1, -0.05) is 11.8 Å². The summed E-state index contributed by atoms with van der Waals surface area (Å²) in [6, 6.07) is 11.5. The molecule has 0 saturated heterocycles. The second-order valence-electron chi connectivity index (χ2n) is 7.16. The predicted octanol–water partition coefficient (Wildman–Crippen LogP) is 2.12. The number of carbonyl (C=O) groups excluding carboxylic acids is 2. The van der Waals surface area contributed by atoms with Gasteiger partial charge in [0.25, 0.3) is 5.91 Å². The van der Waals surface area contributed by atoms with Crippen LogP contribution in [0.2, 0.25) is 0 Å². The van der Waals surface area contributed by atoms with Gasteiger partial charge in [0, 0.05) is 23.0 Å². The van der Waals surface area contributed by atoms with Crippen molar-refractivity contribution in [1.29, 1.82) is 0 Å². The zero-order valence-corrected chi connectivity index (χ0v) is 18.6. The molecule has 0 bridgehead atoms. The van der Waals surface area contributed by atoms with E-state index >= 15 is 0 Å². The molecule has 5 N–H and O–H groups in total. The molecule has 0 aliphatic rings. The quantitative estimate of drug-likeness (QED) is 0.406. The maximum Gasteiger partial charge on any atom is 0.268 e. The number of likely N-dealkylation sites (N-methyl/N-ethyl adjacent to an activating group) is 1. The number of benzene rings is 2. The minimum Gasteiger partial charge on any atom is -0.508 e. The number of primary amides is 1. The monoisotopic (exact) mass is 456 g/mol. The van der Waals surface area contributed by atoms with Gasteiger partial charge in [0.15, 0.2) is 0 Å². The van der Waals surface area contributed by atoms with Crippen molar-refractivity contribution in [2.45, 2.75) is 0 Å². The van der Waals surface area contributed by atoms with Crippen LogP contribution in [-0.4, -0.2) is 60.6 Å². The molecule has 2 aromatic carbocycles. The van der Waals surface area contributed by atoms with Crippen molar-refractivity contribution in [2.75, 3.05) is 33.8 Å². The van der Waals surface area contributed by atoms with Gasteiger partial charge in [0.1, 0.15) is 23.8 Å². The number of nitrogens with one attached hydrogen (secondary N) is 2. The molecule has 0 spiro atoms. The van der Waals surface area contributed by atoms with Gasteiger partial charge in [-0.15, -0.1) is 12.4 Å². The molecule has 3 rings (SSSR count). The van der Waals surface area contributed by atoms with Crippen molar-refractivity contribution in [3.63, 3.8) is 0 Å². The maximum atomic E-state index is 12.4. The molecule has 2 amide bonds. The van der Waals surface area contributed by atoms with Crippen LogP contribution in [0.25, 0.3) is 10.9 Å². The van der Waals surface area contributed by atoms with Crippen LogP contribution in [0.1, 0.15) is 26.4 Å². The topological polar surface area (TPSA) is 121 Å². The fourth-order valence-corrected chi connectivity index (χ4v) is 2.87. The van der Waals surface area contributed by atoms with Crippen LogP contribution in [0.4, 0.5) is 0 Å². The second-order valence-corrected chi connectivity index (χ2v) is 7.16. The molecule has 168 valence electrons. The number of ether oxygens (including phenoxy) is 1. The van der Waals surface area contributed by atoms with Gasteiger partial charge in [0.2, 0.25) is 5.91 Å². The average molecular weight is 457 g/mol. The summed E-state index contributed by atoms with van der Waals surface area (Å²) < 4.78 is 5.73. The smallest absolute Gasteiger partial charge is 0.268 e. The first-order valence-electron chi connectivity index (χ1n) is 9.63. The van der Waals surface area contributed by atoms with Crippen molar-refractivity contribution in [3.8, 4) is 23.3 Å². The number of fused-ring (bicyclic) bond motifs is 1. The highest BCUT2D eigenvalue weighted by Crippen LogP contribution is 2.22. The lowest BCUT2D eigenvalue weighted by Gasteiger charge is -2.10. The minimum absolute atomic E-state index is 0. The number of rotatable bonds is 7. The largest absolute Gasteiger partial charge is 0.508 e. The molecule has 1 heterocycles. The fraction of sp³-hybridized carbons (Fsp3) is 0.217. The van der Waals surface area contributed by atoms with E-state index in [-0.39, 0.29) is 36.2 Å². The second kappa shape index (κ2) is 11.1. The molecule has 0 aliphatic carbocycles. The van der Waals surface area contributed by atoms with Crippen LogP contribution in [-0.2, 0) is 0 Å². The number of aromatic amines is 1. The molecular weight excluding hydrogens is 432 g/mol. The zero-order valence-electron chi connectivity index (χ0n) is 17.8. The number of amides is 2. The number of H-pyrrole nitrogens is 1. The maximum absolute atomic E-state index is 12.4. The van der Waals surface area contributed by atoms with E-state index in [0.717, 1.165) is 23.2 Å². The lowest BCUT2D eigenvalue weighted by Crippen LogP contribution is -2.23. The van der Waals surface area contributed by atoms with Gasteiger partial charge in [-0.05, 0) is 56.6 Å². The van der Waals surface area contributed by atoms with Crippen LogP contribution in [0.3, 0.4) is 0 Å². The summed E-state index contributed by atoms with van der Waals surface area (Å²) >= 11 is 0. The third-order valence-electron chi connectivity index (χ3n) is 4.47. The normalized spacial score (nSPS) is 10.2. The summed E-state index contributed by atoms with van der Waals surface area (Å²) in [6.45, 7) is 1.46. The summed E-state index contributed by atoms with van der Waals surface area (Å²) in [5.41, 5.74) is 7.03. The van der Waals surface area contributed by atoms with Crippen LogP contribution in [0, 0.1) is 11.8 Å². The van der Waals surface area contributed by atoms with E-state index in [9.17, 15) is 14.7 Å². The number of aromatic hydroxyl groups is 1. The van der Waals surface area contributed by atoms with Crippen molar-refractivity contribution in [3.05, 3.63) is 59.3 Å². The summed E-state index contributed by atoms with van der Waals surface area (Å²) in [5.74, 6) is 5.24. The van der Waals surface area contributed by atoms with Crippen molar-refractivity contribution in [1.82, 2.24) is 15.2 Å². The third-order valence-corrected chi connectivity index (χ3v) is 4.47. The van der Waals surface area contributed by atoms with Crippen LogP contribution in [0.15, 0.2) is 42.5 Å². The van der Waals surface area contributed by atoms with Gasteiger partial charge in [-0.2, -0.15) is 0 Å². The highest BCUT2D eigenvalue weighted by molar-refractivity contribution is 5.98. The zero-order chi connectivity index (χ0) is 22.4. The molecule has 0 radical (unpaired) electrons. The number of nitrogens with two attached hydrogens (primary N) is 1. The van der Waals surface area contributed by atoms with Gasteiger partial charge in [0.05, 0.1) is 12.1 Å². The average Bonchev–Trinajstić information content (AvgIpc) is 3.15. The van der Waals surface area contributed by atoms with E-state index in [1.54, 1.807) is 6.07 Å². The molecule has 8 nitrogen and oxygen atoms in total. The van der Waals surface area contributed by atoms with E-state index in [1.807, 2.05) is 37.2 Å². The first-order valence-corrected chi connectivity index (χ1v) is 9.63. The molecule has 32 heavy (non-hydrogen) atoms. The first kappa shape index (κ1) is 24.6. The Morgan fingerprint density at radius 3 is 2.69 bits per heavy atom. The Bertz CT molecular complexity index is 1180. The SMILES string of the molecule is CN(C)CCOc1ccc2[nH]c(C(=O)NCC#Cc3ccc(O)cc3C(N)=O)cc2c1.Cl. The third kappa shape index (κ3) is 6.41. The Morgan fingerprint density at radius 2 is 1.97 bits per heavy atom. The molecule has 0 unspecified atom stereocenters. The lowest BCUT2D eigenvalue weighted by atomic mass is 10.1. The van der Waals surface area contributed by atoms with Gasteiger partial charge >= 0.3 is 0 Å². The molecule has 0 saturated carbocycles. The van der Waals surface area contributed by atoms with Gasteiger partial charge in [-0.25, -0.2) is 0 Å². The van der Waals surface area contributed by atoms with E-state index in [1.165, 1.54) is 18.2 Å². The predicted molar refractivity (Wildman–Crippen MR) is 125 cm³/mol. The van der Waals surface area contributed by atoms with Crippen molar-refractivity contribution < 1.29 is 19.4 Å². The summed E-state index contributed by atoms with van der Waals surface area (Å²) in [6.07, 6.45) is 0. The highest BCUT2D eigenvalue weighted by Gasteiger charge is 2.10. The molecule has 0 fully saturated rings. The Balaban J connectivity index is 0.00000363. The van der Waals surface area contributed by atoms with E-state index < -0.39 is 5.91 Å². The van der Waals surface area contributed by atoms with Crippen molar-refractivity contribution >= 4 is 35.1 Å². The standard InChI is InChI=1S/C23H24N4O4.ClH/c1-27(2)10-11-31-18-7-8-20-16(12-18)13-21(26-20)23(30)25-9-3-4-15-5-6-17(28)14-19(15)22(24)29;/h5-8,12-14,26,28H,9-11H2,1-2H3,(H2,24,29)(H,25,30);1H. The lowest BCUT2D eigenvalue weighted by molar-refractivity contribution is 0.0953. The molecule has 3 aromatic rings. The number of aromatic nitrogens is 1. The van der Waals surface area contributed by atoms with Crippen LogP contribution in [0.5, 0.6) is 11.5 Å². The van der Waals surface area contributed by atoms with E-state index in [4.69, 9.17) is 10.5 Å². The number of carbonyl (C=O) groups is 2. The molecule has 1 aromatic heterocycles. The Hall–Kier alpha value is -3.67. The first-order chi connectivity index (χ1) is 14.8. The Morgan fingerprint density at radius 1 is 1.19 bits per heavy atom. The molecular formula is C23H25ClN4O4. The number of nitrogens with zero attached hydrogens (tertiary/aromatic N) is 1. The highest BCUT2D eigenvalue weighted by atomic mass is 35.5. The number of hydrogen-bond donors (Lipinski definition) is 4. The summed E-state index contributed by atoms with van der Waals surface area (Å²) in [4.78, 5) is 29.0.